The molecule has 0 aliphatic heterocycles. The summed E-state index contributed by atoms with van der Waals surface area (Å²) in [5.74, 6) is -0.0314. The fraction of sp³-hybridized carbons (Fsp3) is 0.538. The predicted octanol–water partition coefficient (Wildman–Crippen LogP) is 2.02. The number of nitrogens with zero attached hydrogens (tertiary/aromatic N) is 1. The minimum absolute atomic E-state index is 0.0421. The van der Waals surface area contributed by atoms with E-state index in [0.29, 0.717) is 10.6 Å². The summed E-state index contributed by atoms with van der Waals surface area (Å²) in [5.41, 5.74) is 0.439. The van der Waals surface area contributed by atoms with Gasteiger partial charge >= 0.3 is 0 Å². The third-order valence-electron chi connectivity index (χ3n) is 3.48. The van der Waals surface area contributed by atoms with Crippen LogP contribution in [0.15, 0.2) is 18.5 Å². The van der Waals surface area contributed by atoms with Gasteiger partial charge < -0.3 is 10.4 Å². The van der Waals surface area contributed by atoms with Gasteiger partial charge in [0.2, 0.25) is 0 Å². The van der Waals surface area contributed by atoms with Crippen LogP contribution in [0, 0.1) is 5.92 Å². The van der Waals surface area contributed by atoms with Crippen LogP contribution in [-0.2, 0) is 0 Å². The summed E-state index contributed by atoms with van der Waals surface area (Å²) < 4.78 is 0. The number of halogens is 1. The van der Waals surface area contributed by atoms with Gasteiger partial charge in [0.05, 0.1) is 10.6 Å². The molecule has 1 aliphatic rings. The van der Waals surface area contributed by atoms with Crippen LogP contribution in [0.2, 0.25) is 5.02 Å². The van der Waals surface area contributed by atoms with Gasteiger partial charge in [-0.2, -0.15) is 0 Å². The Morgan fingerprint density at radius 3 is 3.00 bits per heavy atom. The van der Waals surface area contributed by atoms with Crippen molar-refractivity contribution in [2.45, 2.75) is 31.7 Å². The fourth-order valence-electron chi connectivity index (χ4n) is 2.42. The van der Waals surface area contributed by atoms with E-state index in [1.165, 1.54) is 6.20 Å². The topological polar surface area (TPSA) is 62.2 Å². The Kier molecular flexibility index (Phi) is 4.55. The molecule has 2 rings (SSSR count). The van der Waals surface area contributed by atoms with Crippen LogP contribution in [0.4, 0.5) is 0 Å². The van der Waals surface area contributed by atoms with Crippen LogP contribution in [0.3, 0.4) is 0 Å². The number of carbonyl (C=O) groups excluding carboxylic acids is 1. The van der Waals surface area contributed by atoms with Crippen LogP contribution >= 0.6 is 11.6 Å². The summed E-state index contributed by atoms with van der Waals surface area (Å²) in [5, 5.41) is 12.6. The van der Waals surface area contributed by atoms with Crippen molar-refractivity contribution in [1.82, 2.24) is 10.3 Å². The number of carbonyl (C=O) groups is 1. The second-order valence-electron chi connectivity index (χ2n) is 4.66. The van der Waals surface area contributed by atoms with E-state index in [1.54, 1.807) is 12.3 Å². The van der Waals surface area contributed by atoms with Gasteiger partial charge in [0.15, 0.2) is 0 Å². The molecule has 2 N–H and O–H groups in total. The number of hydrogen-bond acceptors (Lipinski definition) is 3. The number of nitrogens with one attached hydrogen (secondary N) is 1. The third-order valence-corrected chi connectivity index (χ3v) is 3.78. The number of hydrogen-bond donors (Lipinski definition) is 2. The predicted molar refractivity (Wildman–Crippen MR) is 69.5 cm³/mol. The minimum atomic E-state index is -0.187. The Hall–Kier alpha value is -1.13. The highest BCUT2D eigenvalue weighted by Gasteiger charge is 2.26. The van der Waals surface area contributed by atoms with E-state index < -0.39 is 0 Å². The van der Waals surface area contributed by atoms with Crippen LogP contribution in [0.1, 0.15) is 36.0 Å². The van der Waals surface area contributed by atoms with Crippen LogP contribution in [-0.4, -0.2) is 28.6 Å². The average Bonchev–Trinajstić information content (AvgIpc) is 2.39. The van der Waals surface area contributed by atoms with Gasteiger partial charge in [-0.3, -0.25) is 9.78 Å². The Labute approximate surface area is 111 Å². The lowest BCUT2D eigenvalue weighted by molar-refractivity contribution is 0.0872. The highest BCUT2D eigenvalue weighted by atomic mass is 35.5. The zero-order valence-corrected chi connectivity index (χ0v) is 10.9. The molecular formula is C13H17ClN2O2. The first-order valence-electron chi connectivity index (χ1n) is 6.23. The van der Waals surface area contributed by atoms with Crippen molar-refractivity contribution in [3.8, 4) is 0 Å². The summed E-state index contributed by atoms with van der Waals surface area (Å²) in [6.07, 6.45) is 7.09. The van der Waals surface area contributed by atoms with Gasteiger partial charge in [-0.05, 0) is 18.9 Å². The molecule has 0 spiro atoms. The average molecular weight is 269 g/mol. The van der Waals surface area contributed by atoms with Crippen molar-refractivity contribution in [1.29, 1.82) is 0 Å². The molecule has 1 amide bonds. The number of rotatable bonds is 3. The van der Waals surface area contributed by atoms with Gasteiger partial charge in [-0.1, -0.05) is 24.4 Å². The summed E-state index contributed by atoms with van der Waals surface area (Å²) in [4.78, 5) is 15.9. The first kappa shape index (κ1) is 13.3. The monoisotopic (exact) mass is 268 g/mol. The number of aromatic nitrogens is 1. The van der Waals surface area contributed by atoms with Crippen LogP contribution < -0.4 is 5.32 Å². The molecule has 18 heavy (non-hydrogen) atoms. The molecule has 5 heteroatoms. The molecule has 2 atom stereocenters. The highest BCUT2D eigenvalue weighted by Crippen LogP contribution is 2.24. The molecule has 0 radical (unpaired) electrons. The third kappa shape index (κ3) is 3.00. The quantitative estimate of drug-likeness (QED) is 0.882. The Balaban J connectivity index is 2.04. The van der Waals surface area contributed by atoms with E-state index >= 15 is 0 Å². The molecule has 1 saturated carbocycles. The van der Waals surface area contributed by atoms with E-state index in [1.807, 2.05) is 0 Å². The van der Waals surface area contributed by atoms with E-state index in [0.717, 1.165) is 25.7 Å². The second kappa shape index (κ2) is 6.16. The van der Waals surface area contributed by atoms with Gasteiger partial charge in [-0.15, -0.1) is 0 Å². The Morgan fingerprint density at radius 2 is 2.28 bits per heavy atom. The zero-order chi connectivity index (χ0) is 13.0. The molecule has 4 nitrogen and oxygen atoms in total. The smallest absolute Gasteiger partial charge is 0.253 e. The SMILES string of the molecule is O=C(NC1CCCCC1CO)c1ccncc1Cl. The molecule has 1 heterocycles. The van der Waals surface area contributed by atoms with Crippen molar-refractivity contribution in [3.63, 3.8) is 0 Å². The molecule has 0 aromatic carbocycles. The molecule has 1 aromatic rings. The van der Waals surface area contributed by atoms with Gasteiger partial charge in [0.25, 0.3) is 5.91 Å². The molecule has 0 saturated heterocycles. The molecular weight excluding hydrogens is 252 g/mol. The highest BCUT2D eigenvalue weighted by molar-refractivity contribution is 6.33. The molecule has 98 valence electrons. The first-order chi connectivity index (χ1) is 8.72. The van der Waals surface area contributed by atoms with Gasteiger partial charge in [-0.25, -0.2) is 0 Å². The van der Waals surface area contributed by atoms with Gasteiger partial charge in [0.1, 0.15) is 0 Å². The van der Waals surface area contributed by atoms with Crippen LogP contribution in [0.25, 0.3) is 0 Å². The maximum Gasteiger partial charge on any atom is 0.253 e. The fourth-order valence-corrected chi connectivity index (χ4v) is 2.63. The summed E-state index contributed by atoms with van der Waals surface area (Å²) in [6, 6.07) is 1.65. The molecule has 1 aliphatic carbocycles. The lowest BCUT2D eigenvalue weighted by Gasteiger charge is -2.30. The molecule has 2 unspecified atom stereocenters. The molecule has 0 bridgehead atoms. The van der Waals surface area contributed by atoms with Crippen molar-refractivity contribution < 1.29 is 9.90 Å². The van der Waals surface area contributed by atoms with E-state index in [4.69, 9.17) is 11.6 Å². The number of amides is 1. The lowest BCUT2D eigenvalue weighted by atomic mass is 9.85. The largest absolute Gasteiger partial charge is 0.396 e. The summed E-state index contributed by atoms with van der Waals surface area (Å²) in [7, 11) is 0. The van der Waals surface area contributed by atoms with Crippen molar-refractivity contribution in [2.24, 2.45) is 5.92 Å². The van der Waals surface area contributed by atoms with Crippen LogP contribution in [0.5, 0.6) is 0 Å². The van der Waals surface area contributed by atoms with Crippen molar-refractivity contribution in [3.05, 3.63) is 29.0 Å². The summed E-state index contributed by atoms with van der Waals surface area (Å²) >= 11 is 5.93. The van der Waals surface area contributed by atoms with Gasteiger partial charge in [0, 0.05) is 31.0 Å². The van der Waals surface area contributed by atoms with E-state index in [-0.39, 0.29) is 24.5 Å². The standard InChI is InChI=1S/C13H17ClN2O2/c14-11-7-15-6-5-10(11)13(18)16-12-4-2-1-3-9(12)8-17/h5-7,9,12,17H,1-4,8H2,(H,16,18). The molecule has 1 fully saturated rings. The maximum absolute atomic E-state index is 12.1. The Bertz CT molecular complexity index is 425. The molecule has 1 aromatic heterocycles. The number of aliphatic hydroxyl groups is 1. The minimum Gasteiger partial charge on any atom is -0.396 e. The second-order valence-corrected chi connectivity index (χ2v) is 5.07. The first-order valence-corrected chi connectivity index (χ1v) is 6.61. The number of pyridine rings is 1. The lowest BCUT2D eigenvalue weighted by Crippen LogP contribution is -2.43. The van der Waals surface area contributed by atoms with Crippen molar-refractivity contribution >= 4 is 17.5 Å². The maximum atomic E-state index is 12.1. The Morgan fingerprint density at radius 1 is 1.50 bits per heavy atom. The zero-order valence-electron chi connectivity index (χ0n) is 10.1. The van der Waals surface area contributed by atoms with Crippen molar-refractivity contribution in [2.75, 3.05) is 6.61 Å². The van der Waals surface area contributed by atoms with E-state index in [9.17, 15) is 9.90 Å². The van der Waals surface area contributed by atoms with E-state index in [2.05, 4.69) is 10.3 Å². The summed E-state index contributed by atoms with van der Waals surface area (Å²) in [6.45, 7) is 0.120. The normalized spacial score (nSPS) is 23.7. The number of aliphatic hydroxyl groups excluding tert-OH is 1.